The van der Waals surface area contributed by atoms with Crippen molar-refractivity contribution < 1.29 is 9.84 Å². The molecule has 0 radical (unpaired) electrons. The third kappa shape index (κ3) is 2.26. The van der Waals surface area contributed by atoms with E-state index in [1.165, 1.54) is 6.42 Å². The second kappa shape index (κ2) is 5.04. The van der Waals surface area contributed by atoms with Gasteiger partial charge in [0, 0.05) is 14.2 Å². The summed E-state index contributed by atoms with van der Waals surface area (Å²) in [6.07, 6.45) is 4.46. The second-order valence-corrected chi connectivity index (χ2v) is 5.37. The van der Waals surface area contributed by atoms with E-state index in [0.29, 0.717) is 10.3 Å². The van der Waals surface area contributed by atoms with Crippen molar-refractivity contribution in [2.24, 2.45) is 7.05 Å². The van der Waals surface area contributed by atoms with E-state index in [4.69, 9.17) is 4.74 Å². The van der Waals surface area contributed by atoms with Gasteiger partial charge in [0.15, 0.2) is 4.60 Å². The Bertz CT molecular complexity index is 369. The molecule has 1 saturated carbocycles. The zero-order valence-electron chi connectivity index (χ0n) is 10.2. The molecule has 0 aromatic carbocycles. The molecule has 0 amide bonds. The summed E-state index contributed by atoms with van der Waals surface area (Å²) in [5.41, 5.74) is 0.199. The van der Waals surface area contributed by atoms with E-state index in [-0.39, 0.29) is 0 Å². The number of aryl methyl sites for hydroxylation is 1. The van der Waals surface area contributed by atoms with Gasteiger partial charge in [-0.05, 0) is 28.8 Å². The standard InChI is InChI=1S/C11H18BrN3O2/c1-15-8(10(12)13-14-15)9(16)11(17-2)6-4-3-5-7-11/h9,16H,3-7H2,1-2H3. The lowest BCUT2D eigenvalue weighted by Gasteiger charge is -2.39. The van der Waals surface area contributed by atoms with Crippen LogP contribution in [0, 0.1) is 0 Å². The minimum atomic E-state index is -0.692. The molecule has 1 N–H and O–H groups in total. The number of aliphatic hydroxyl groups excluding tert-OH is 1. The molecule has 1 aliphatic rings. The zero-order chi connectivity index (χ0) is 12.5. The van der Waals surface area contributed by atoms with Crippen LogP contribution in [0.15, 0.2) is 4.60 Å². The fourth-order valence-electron chi connectivity index (χ4n) is 2.62. The highest BCUT2D eigenvalue weighted by molar-refractivity contribution is 9.10. The molecule has 96 valence electrons. The summed E-state index contributed by atoms with van der Waals surface area (Å²) in [7, 11) is 3.45. The third-order valence-electron chi connectivity index (χ3n) is 3.69. The van der Waals surface area contributed by atoms with Crippen molar-refractivity contribution in [1.29, 1.82) is 0 Å². The van der Waals surface area contributed by atoms with E-state index in [0.717, 1.165) is 25.7 Å². The summed E-state index contributed by atoms with van der Waals surface area (Å²) in [6, 6.07) is 0. The summed E-state index contributed by atoms with van der Waals surface area (Å²) >= 11 is 3.33. The van der Waals surface area contributed by atoms with Crippen molar-refractivity contribution in [2.45, 2.75) is 43.8 Å². The Morgan fingerprint density at radius 2 is 2.06 bits per heavy atom. The fraction of sp³-hybridized carbons (Fsp3) is 0.818. The van der Waals surface area contributed by atoms with E-state index in [1.807, 2.05) is 0 Å². The number of ether oxygens (including phenoxy) is 1. The van der Waals surface area contributed by atoms with Gasteiger partial charge in [0.1, 0.15) is 11.8 Å². The first-order chi connectivity index (χ1) is 8.10. The molecule has 1 unspecified atom stereocenters. The number of halogens is 1. The SMILES string of the molecule is COC1(C(O)c2c(Br)nnn2C)CCCCC1. The van der Waals surface area contributed by atoms with Gasteiger partial charge in [0.25, 0.3) is 0 Å². The van der Waals surface area contributed by atoms with Crippen LogP contribution in [0.1, 0.15) is 43.9 Å². The maximum atomic E-state index is 10.6. The average Bonchev–Trinajstić information content (AvgIpc) is 2.69. The predicted molar refractivity (Wildman–Crippen MR) is 66.5 cm³/mol. The van der Waals surface area contributed by atoms with E-state index in [9.17, 15) is 5.11 Å². The van der Waals surface area contributed by atoms with Crippen LogP contribution in [-0.2, 0) is 11.8 Å². The molecule has 1 fully saturated rings. The predicted octanol–water partition coefficient (Wildman–Crippen LogP) is 1.96. The number of methoxy groups -OCH3 is 1. The Morgan fingerprint density at radius 3 is 2.53 bits per heavy atom. The highest BCUT2D eigenvalue weighted by Crippen LogP contribution is 2.42. The van der Waals surface area contributed by atoms with Crippen LogP contribution < -0.4 is 0 Å². The van der Waals surface area contributed by atoms with E-state index >= 15 is 0 Å². The molecule has 0 saturated heterocycles. The van der Waals surface area contributed by atoms with Crippen LogP contribution in [0.5, 0.6) is 0 Å². The first-order valence-corrected chi connectivity index (χ1v) is 6.68. The fourth-order valence-corrected chi connectivity index (χ4v) is 3.16. The van der Waals surface area contributed by atoms with E-state index in [2.05, 4.69) is 26.2 Å². The Morgan fingerprint density at radius 1 is 1.41 bits per heavy atom. The number of nitrogens with zero attached hydrogens (tertiary/aromatic N) is 3. The molecule has 5 nitrogen and oxygen atoms in total. The van der Waals surface area contributed by atoms with Crippen molar-refractivity contribution in [2.75, 3.05) is 7.11 Å². The van der Waals surface area contributed by atoms with E-state index in [1.54, 1.807) is 18.8 Å². The van der Waals surface area contributed by atoms with Gasteiger partial charge in [0.05, 0.1) is 5.60 Å². The lowest BCUT2D eigenvalue weighted by atomic mass is 9.79. The molecule has 6 heteroatoms. The minimum absolute atomic E-state index is 0.490. The van der Waals surface area contributed by atoms with Gasteiger partial charge in [-0.15, -0.1) is 5.10 Å². The normalized spacial score (nSPS) is 21.4. The van der Waals surface area contributed by atoms with Crippen LogP contribution in [0.4, 0.5) is 0 Å². The van der Waals surface area contributed by atoms with Crippen LogP contribution in [0.3, 0.4) is 0 Å². The van der Waals surface area contributed by atoms with Crippen molar-refractivity contribution in [1.82, 2.24) is 15.0 Å². The first kappa shape index (κ1) is 13.0. The summed E-state index contributed by atoms with van der Waals surface area (Å²) in [5, 5.41) is 18.4. The Kier molecular flexibility index (Phi) is 3.85. The zero-order valence-corrected chi connectivity index (χ0v) is 11.8. The molecule has 1 aromatic heterocycles. The molecule has 1 heterocycles. The second-order valence-electron chi connectivity index (χ2n) is 4.62. The smallest absolute Gasteiger partial charge is 0.154 e. The van der Waals surface area contributed by atoms with Crippen LogP contribution in [0.2, 0.25) is 0 Å². The molecule has 0 bridgehead atoms. The molecule has 1 aliphatic carbocycles. The molecule has 1 atom stereocenters. The monoisotopic (exact) mass is 303 g/mol. The van der Waals surface area contributed by atoms with Crippen molar-refractivity contribution in [3.63, 3.8) is 0 Å². The first-order valence-electron chi connectivity index (χ1n) is 5.89. The topological polar surface area (TPSA) is 60.2 Å². The van der Waals surface area contributed by atoms with Gasteiger partial charge < -0.3 is 9.84 Å². The highest BCUT2D eigenvalue weighted by atomic mass is 79.9. The largest absolute Gasteiger partial charge is 0.384 e. The Hall–Kier alpha value is -0.460. The quantitative estimate of drug-likeness (QED) is 0.927. The lowest BCUT2D eigenvalue weighted by molar-refractivity contribution is -0.128. The maximum absolute atomic E-state index is 10.6. The molecule has 1 aromatic rings. The summed E-state index contributed by atoms with van der Waals surface area (Å²) in [4.78, 5) is 0. The number of hydrogen-bond donors (Lipinski definition) is 1. The third-order valence-corrected chi connectivity index (χ3v) is 4.26. The Balaban J connectivity index is 2.31. The van der Waals surface area contributed by atoms with Crippen LogP contribution >= 0.6 is 15.9 Å². The van der Waals surface area contributed by atoms with Crippen molar-refractivity contribution >= 4 is 15.9 Å². The van der Waals surface area contributed by atoms with Crippen LogP contribution in [0.25, 0.3) is 0 Å². The molecule has 2 rings (SSSR count). The number of rotatable bonds is 3. The van der Waals surface area contributed by atoms with Crippen molar-refractivity contribution in [3.05, 3.63) is 10.3 Å². The van der Waals surface area contributed by atoms with Gasteiger partial charge in [-0.3, -0.25) is 0 Å². The van der Waals surface area contributed by atoms with Gasteiger partial charge >= 0.3 is 0 Å². The molecular formula is C11H18BrN3O2. The van der Waals surface area contributed by atoms with Gasteiger partial charge in [-0.1, -0.05) is 24.5 Å². The maximum Gasteiger partial charge on any atom is 0.154 e. The van der Waals surface area contributed by atoms with Gasteiger partial charge in [-0.25, -0.2) is 4.68 Å². The molecule has 0 spiro atoms. The van der Waals surface area contributed by atoms with Gasteiger partial charge in [0.2, 0.25) is 0 Å². The Labute approximate surface area is 109 Å². The summed E-state index contributed by atoms with van der Waals surface area (Å²) in [6.45, 7) is 0. The molecule has 17 heavy (non-hydrogen) atoms. The number of aliphatic hydroxyl groups is 1. The highest BCUT2D eigenvalue weighted by Gasteiger charge is 2.42. The lowest BCUT2D eigenvalue weighted by Crippen LogP contribution is -2.41. The van der Waals surface area contributed by atoms with Crippen LogP contribution in [-0.4, -0.2) is 32.8 Å². The average molecular weight is 304 g/mol. The van der Waals surface area contributed by atoms with E-state index < -0.39 is 11.7 Å². The number of hydrogen-bond acceptors (Lipinski definition) is 4. The summed E-state index contributed by atoms with van der Waals surface area (Å²) in [5.74, 6) is 0. The van der Waals surface area contributed by atoms with Gasteiger partial charge in [-0.2, -0.15) is 0 Å². The minimum Gasteiger partial charge on any atom is -0.384 e. The number of aromatic nitrogens is 3. The summed E-state index contributed by atoms with van der Waals surface area (Å²) < 4.78 is 7.83. The van der Waals surface area contributed by atoms with Crippen molar-refractivity contribution in [3.8, 4) is 0 Å². The molecule has 0 aliphatic heterocycles. The molecular weight excluding hydrogens is 286 g/mol.